The molecule has 0 amide bonds. The van der Waals surface area contributed by atoms with Crippen LogP contribution in [0.1, 0.15) is 11.1 Å². The first-order valence-electron chi connectivity index (χ1n) is 8.63. The van der Waals surface area contributed by atoms with Crippen molar-refractivity contribution in [3.05, 3.63) is 70.9 Å². The zero-order chi connectivity index (χ0) is 23.2. The summed E-state index contributed by atoms with van der Waals surface area (Å²) >= 11 is 5.90. The molecule has 1 aromatic heterocycles. The Morgan fingerprint density at radius 1 is 1.03 bits per heavy atom. The molecular formula is C20H17ClF3N3O4. The number of imidazole rings is 1. The fourth-order valence-electron chi connectivity index (χ4n) is 2.46. The summed E-state index contributed by atoms with van der Waals surface area (Å²) in [5, 5.41) is 18.6. The zero-order valence-electron chi connectivity index (χ0n) is 16.0. The average molecular weight is 456 g/mol. The summed E-state index contributed by atoms with van der Waals surface area (Å²) in [5.74, 6) is -3.02. The lowest BCUT2D eigenvalue weighted by atomic mass is 10.1. The largest absolute Gasteiger partial charge is 0.473 e. The maximum absolute atomic E-state index is 12.6. The molecule has 2 aromatic carbocycles. The van der Waals surface area contributed by atoms with Gasteiger partial charge in [-0.1, -0.05) is 35.9 Å². The second kappa shape index (κ2) is 9.98. The zero-order valence-corrected chi connectivity index (χ0v) is 16.8. The summed E-state index contributed by atoms with van der Waals surface area (Å²) in [6.45, 7) is 0.378. The predicted molar refractivity (Wildman–Crippen MR) is 108 cm³/mol. The Bertz CT molecular complexity index is 1040. The van der Waals surface area contributed by atoms with Gasteiger partial charge in [0.25, 0.3) is 0 Å². The minimum Gasteiger partial charge on any atom is -0.473 e. The van der Waals surface area contributed by atoms with Crippen molar-refractivity contribution in [3.63, 3.8) is 0 Å². The number of hydrogen-bond donors (Lipinski definition) is 3. The van der Waals surface area contributed by atoms with Gasteiger partial charge >= 0.3 is 18.1 Å². The molecule has 0 aliphatic heterocycles. The van der Waals surface area contributed by atoms with Crippen LogP contribution in [0.5, 0.6) is 0 Å². The van der Waals surface area contributed by atoms with Gasteiger partial charge in [-0.05, 0) is 35.4 Å². The van der Waals surface area contributed by atoms with E-state index in [2.05, 4.69) is 10.3 Å². The van der Waals surface area contributed by atoms with Gasteiger partial charge in [-0.15, -0.1) is 0 Å². The number of carbonyl (C=O) groups is 2. The minimum absolute atomic E-state index is 0.378. The molecule has 31 heavy (non-hydrogen) atoms. The summed E-state index contributed by atoms with van der Waals surface area (Å²) in [6, 6.07) is 12.5. The average Bonchev–Trinajstić information content (AvgIpc) is 3.07. The van der Waals surface area contributed by atoms with Crippen LogP contribution >= 0.6 is 11.6 Å². The second-order valence-electron chi connectivity index (χ2n) is 6.19. The fourth-order valence-corrected chi connectivity index (χ4v) is 2.58. The van der Waals surface area contributed by atoms with Crippen molar-refractivity contribution in [2.24, 2.45) is 7.05 Å². The molecule has 3 rings (SSSR count). The van der Waals surface area contributed by atoms with Crippen LogP contribution in [0.15, 0.2) is 54.7 Å². The number of carboxylic acid groups (broad SMARTS) is 2. The maximum atomic E-state index is 12.6. The third kappa shape index (κ3) is 6.75. The van der Waals surface area contributed by atoms with E-state index >= 15 is 0 Å². The topological polar surface area (TPSA) is 104 Å². The molecule has 11 heteroatoms. The van der Waals surface area contributed by atoms with Crippen molar-refractivity contribution in [3.8, 4) is 11.3 Å². The van der Waals surface area contributed by atoms with E-state index in [4.69, 9.17) is 31.4 Å². The number of aromatic nitrogens is 2. The van der Waals surface area contributed by atoms with Crippen molar-refractivity contribution >= 4 is 29.5 Å². The number of nitrogens with zero attached hydrogens (tertiary/aromatic N) is 2. The Labute approximate surface area is 179 Å². The van der Waals surface area contributed by atoms with Crippen molar-refractivity contribution < 1.29 is 33.0 Å². The maximum Gasteiger partial charge on any atom is 0.416 e. The number of hydrogen-bond acceptors (Lipinski definition) is 4. The molecule has 0 radical (unpaired) electrons. The molecule has 1 heterocycles. The summed E-state index contributed by atoms with van der Waals surface area (Å²) in [5.41, 5.74) is 1.97. The number of halogens is 4. The highest BCUT2D eigenvalue weighted by atomic mass is 35.5. The quantitative estimate of drug-likeness (QED) is 0.499. The molecule has 0 aliphatic carbocycles. The van der Waals surface area contributed by atoms with Crippen LogP contribution in [0.2, 0.25) is 5.02 Å². The molecule has 0 saturated carbocycles. The molecule has 7 nitrogen and oxygen atoms in total. The lowest BCUT2D eigenvalue weighted by Crippen LogP contribution is -2.09. The SMILES string of the molecule is Cn1c(-c2ccc(Cl)cc2)cnc1NCc1ccc(C(F)(F)F)cc1.O=C(O)C(=O)O. The van der Waals surface area contributed by atoms with Gasteiger partial charge in [0.2, 0.25) is 5.95 Å². The molecule has 0 fully saturated rings. The number of anilines is 1. The summed E-state index contributed by atoms with van der Waals surface area (Å²) in [4.78, 5) is 22.5. The molecule has 0 bridgehead atoms. The van der Waals surface area contributed by atoms with Gasteiger partial charge in [-0.3, -0.25) is 0 Å². The number of rotatable bonds is 4. The summed E-state index contributed by atoms with van der Waals surface area (Å²) < 4.78 is 39.6. The molecule has 0 saturated heterocycles. The normalized spacial score (nSPS) is 10.7. The van der Waals surface area contributed by atoms with E-state index in [1.807, 2.05) is 23.7 Å². The lowest BCUT2D eigenvalue weighted by molar-refractivity contribution is -0.159. The second-order valence-corrected chi connectivity index (χ2v) is 6.63. The number of alkyl halides is 3. The molecule has 3 N–H and O–H groups in total. The molecule has 0 aliphatic rings. The van der Waals surface area contributed by atoms with E-state index < -0.39 is 23.7 Å². The predicted octanol–water partition coefficient (Wildman–Crippen LogP) is 4.53. The Kier molecular flexibility index (Phi) is 7.65. The highest BCUT2D eigenvalue weighted by Gasteiger charge is 2.29. The van der Waals surface area contributed by atoms with Crippen molar-refractivity contribution in [1.82, 2.24) is 9.55 Å². The Morgan fingerprint density at radius 2 is 1.58 bits per heavy atom. The van der Waals surface area contributed by atoms with E-state index in [1.165, 1.54) is 12.1 Å². The van der Waals surface area contributed by atoms with E-state index in [1.54, 1.807) is 18.3 Å². The Morgan fingerprint density at radius 3 is 2.06 bits per heavy atom. The van der Waals surface area contributed by atoms with Gasteiger partial charge in [-0.2, -0.15) is 13.2 Å². The smallest absolute Gasteiger partial charge is 0.416 e. The number of carboxylic acids is 2. The fraction of sp³-hybridized carbons (Fsp3) is 0.150. The molecule has 0 spiro atoms. The first-order valence-corrected chi connectivity index (χ1v) is 9.00. The monoisotopic (exact) mass is 455 g/mol. The van der Waals surface area contributed by atoms with Crippen LogP contribution < -0.4 is 5.32 Å². The van der Waals surface area contributed by atoms with Crippen LogP contribution in [-0.2, 0) is 29.4 Å². The highest BCUT2D eigenvalue weighted by molar-refractivity contribution is 6.30. The molecule has 0 atom stereocenters. The van der Waals surface area contributed by atoms with Crippen LogP contribution in [0.4, 0.5) is 19.1 Å². The summed E-state index contributed by atoms with van der Waals surface area (Å²) in [7, 11) is 1.87. The van der Waals surface area contributed by atoms with Gasteiger partial charge in [0.1, 0.15) is 0 Å². The van der Waals surface area contributed by atoms with Gasteiger partial charge in [0.15, 0.2) is 0 Å². The third-order valence-corrected chi connectivity index (χ3v) is 4.29. The van der Waals surface area contributed by atoms with Gasteiger partial charge in [0.05, 0.1) is 17.5 Å². The number of benzene rings is 2. The van der Waals surface area contributed by atoms with Crippen molar-refractivity contribution in [1.29, 1.82) is 0 Å². The first-order chi connectivity index (χ1) is 14.5. The van der Waals surface area contributed by atoms with E-state index in [9.17, 15) is 13.2 Å². The Balaban J connectivity index is 0.000000501. The van der Waals surface area contributed by atoms with Gasteiger partial charge in [0, 0.05) is 18.6 Å². The highest BCUT2D eigenvalue weighted by Crippen LogP contribution is 2.29. The number of nitrogens with one attached hydrogen (secondary N) is 1. The van der Waals surface area contributed by atoms with Crippen LogP contribution in [0.25, 0.3) is 11.3 Å². The summed E-state index contributed by atoms with van der Waals surface area (Å²) in [6.07, 6.45) is -2.59. The van der Waals surface area contributed by atoms with Crippen LogP contribution in [0.3, 0.4) is 0 Å². The van der Waals surface area contributed by atoms with Gasteiger partial charge < -0.3 is 20.1 Å². The van der Waals surface area contributed by atoms with E-state index in [0.717, 1.165) is 29.0 Å². The molecular weight excluding hydrogens is 439 g/mol. The number of aliphatic carboxylic acids is 2. The van der Waals surface area contributed by atoms with Crippen LogP contribution in [0, 0.1) is 0 Å². The van der Waals surface area contributed by atoms with Gasteiger partial charge in [-0.25, -0.2) is 14.6 Å². The molecule has 164 valence electrons. The van der Waals surface area contributed by atoms with Crippen molar-refractivity contribution in [2.45, 2.75) is 12.7 Å². The van der Waals surface area contributed by atoms with Crippen molar-refractivity contribution in [2.75, 3.05) is 5.32 Å². The van der Waals surface area contributed by atoms with E-state index in [0.29, 0.717) is 17.5 Å². The third-order valence-electron chi connectivity index (χ3n) is 4.04. The molecule has 3 aromatic rings. The lowest BCUT2D eigenvalue weighted by Gasteiger charge is -2.10. The minimum atomic E-state index is -4.32. The van der Waals surface area contributed by atoms with E-state index in [-0.39, 0.29) is 0 Å². The first kappa shape index (κ1) is 23.7. The standard InChI is InChI=1S/C18H15ClF3N3.C2H2O4/c1-25-16(13-4-8-15(19)9-5-13)11-24-17(25)23-10-12-2-6-14(7-3-12)18(20,21)22;3-1(4)2(5)6/h2-9,11H,10H2,1H3,(H,23,24);(H,3,4)(H,5,6). The van der Waals surface area contributed by atoms with Crippen LogP contribution in [-0.4, -0.2) is 31.7 Å². The Hall–Kier alpha value is -3.53. The molecule has 0 unspecified atom stereocenters.